The molecule has 8 nitrogen and oxygen atoms in total. The van der Waals surface area contributed by atoms with Crippen molar-refractivity contribution in [3.8, 4) is 6.07 Å². The van der Waals surface area contributed by atoms with Gasteiger partial charge in [-0.15, -0.1) is 0 Å². The van der Waals surface area contributed by atoms with Crippen LogP contribution in [0, 0.1) is 17.2 Å². The third kappa shape index (κ3) is 4.56. The fraction of sp³-hybridized carbons (Fsp3) is 0.474. The summed E-state index contributed by atoms with van der Waals surface area (Å²) in [5.41, 5.74) is 0.107. The Labute approximate surface area is 158 Å². The smallest absolute Gasteiger partial charge is 0.306 e. The zero-order valence-corrected chi connectivity index (χ0v) is 15.1. The van der Waals surface area contributed by atoms with Crippen molar-refractivity contribution in [2.24, 2.45) is 5.92 Å². The molecule has 3 heterocycles. The molecular formula is C19H23N5O3. The second-order valence-electron chi connectivity index (χ2n) is 6.77. The van der Waals surface area contributed by atoms with Crippen molar-refractivity contribution >= 4 is 17.7 Å². The Morgan fingerprint density at radius 2 is 1.85 bits per heavy atom. The predicted molar refractivity (Wildman–Crippen MR) is 98.7 cm³/mol. The van der Waals surface area contributed by atoms with Crippen LogP contribution in [0.3, 0.4) is 0 Å². The van der Waals surface area contributed by atoms with Gasteiger partial charge in [0.05, 0.1) is 5.92 Å². The van der Waals surface area contributed by atoms with Crippen LogP contribution in [0.4, 0.5) is 5.82 Å². The van der Waals surface area contributed by atoms with Gasteiger partial charge in [0, 0.05) is 51.7 Å². The number of nitriles is 1. The number of piperidine rings is 1. The lowest BCUT2D eigenvalue weighted by Crippen LogP contribution is -2.45. The highest BCUT2D eigenvalue weighted by atomic mass is 16.4. The molecule has 142 valence electrons. The summed E-state index contributed by atoms with van der Waals surface area (Å²) in [5.74, 6) is -0.598. The minimum absolute atomic E-state index is 0.107. The van der Waals surface area contributed by atoms with E-state index in [9.17, 15) is 14.9 Å². The number of carboxylic acids is 1. The van der Waals surface area contributed by atoms with Crippen molar-refractivity contribution in [3.63, 3.8) is 0 Å². The number of piperazine rings is 1. The molecule has 1 aromatic rings. The highest BCUT2D eigenvalue weighted by Crippen LogP contribution is 2.19. The standard InChI is InChI=1S/C19H23N5O3/c20-13-16(18(25)24-7-4-15(5-8-24)19(26)27)14-22-9-11-23(12-10-22)17-3-1-2-6-21-17/h1-3,6,14-15H,4-5,7-12H2,(H,26,27)/b16-14-. The number of carbonyl (C=O) groups excluding carboxylic acids is 1. The number of anilines is 1. The summed E-state index contributed by atoms with van der Waals surface area (Å²) < 4.78 is 0. The first-order valence-electron chi connectivity index (χ1n) is 9.12. The van der Waals surface area contributed by atoms with E-state index < -0.39 is 11.9 Å². The fourth-order valence-corrected chi connectivity index (χ4v) is 3.44. The maximum Gasteiger partial charge on any atom is 0.306 e. The summed E-state index contributed by atoms with van der Waals surface area (Å²) >= 11 is 0. The van der Waals surface area contributed by atoms with E-state index in [2.05, 4.69) is 9.88 Å². The lowest BCUT2D eigenvalue weighted by Gasteiger charge is -2.35. The molecule has 0 aliphatic carbocycles. The predicted octanol–water partition coefficient (Wildman–Crippen LogP) is 0.934. The van der Waals surface area contributed by atoms with Crippen molar-refractivity contribution in [1.29, 1.82) is 5.26 Å². The van der Waals surface area contributed by atoms with Gasteiger partial charge in [-0.3, -0.25) is 9.59 Å². The number of nitrogens with zero attached hydrogens (tertiary/aromatic N) is 5. The second kappa shape index (κ2) is 8.54. The number of aliphatic carboxylic acids is 1. The summed E-state index contributed by atoms with van der Waals surface area (Å²) in [7, 11) is 0. The zero-order valence-electron chi connectivity index (χ0n) is 15.1. The van der Waals surface area contributed by atoms with E-state index in [0.29, 0.717) is 39.0 Å². The van der Waals surface area contributed by atoms with Crippen molar-refractivity contribution in [2.75, 3.05) is 44.2 Å². The third-order valence-corrected chi connectivity index (χ3v) is 5.08. The molecule has 1 aromatic heterocycles. The number of pyridine rings is 1. The molecular weight excluding hydrogens is 346 g/mol. The van der Waals surface area contributed by atoms with Crippen molar-refractivity contribution < 1.29 is 14.7 Å². The molecule has 27 heavy (non-hydrogen) atoms. The molecule has 3 rings (SSSR count). The van der Waals surface area contributed by atoms with Crippen LogP contribution in [-0.2, 0) is 9.59 Å². The lowest BCUT2D eigenvalue weighted by molar-refractivity contribution is -0.145. The molecule has 2 fully saturated rings. The van der Waals surface area contributed by atoms with Crippen molar-refractivity contribution in [1.82, 2.24) is 14.8 Å². The van der Waals surface area contributed by atoms with Crippen LogP contribution in [0.25, 0.3) is 0 Å². The van der Waals surface area contributed by atoms with Crippen LogP contribution in [0.15, 0.2) is 36.2 Å². The summed E-state index contributed by atoms with van der Waals surface area (Å²) in [5, 5.41) is 18.5. The molecule has 2 aliphatic heterocycles. The molecule has 2 aliphatic rings. The Kier molecular flexibility index (Phi) is 5.91. The van der Waals surface area contributed by atoms with E-state index in [4.69, 9.17) is 5.11 Å². The van der Waals surface area contributed by atoms with E-state index in [-0.39, 0.29) is 11.5 Å². The molecule has 1 N–H and O–H groups in total. The van der Waals surface area contributed by atoms with Gasteiger partial charge in [-0.05, 0) is 25.0 Å². The molecule has 0 unspecified atom stereocenters. The Morgan fingerprint density at radius 1 is 1.15 bits per heavy atom. The number of rotatable bonds is 4. The van der Waals surface area contributed by atoms with Gasteiger partial charge in [0.15, 0.2) is 0 Å². The van der Waals surface area contributed by atoms with Crippen molar-refractivity contribution in [3.05, 3.63) is 36.2 Å². The average Bonchev–Trinajstić information content (AvgIpc) is 2.72. The Balaban J connectivity index is 1.56. The van der Waals surface area contributed by atoms with E-state index in [1.165, 1.54) is 0 Å². The SMILES string of the molecule is N#C/C(=C/N1CCN(c2ccccn2)CC1)C(=O)N1CCC(C(=O)O)CC1. The topological polar surface area (TPSA) is 101 Å². The second-order valence-corrected chi connectivity index (χ2v) is 6.77. The summed E-state index contributed by atoms with van der Waals surface area (Å²) in [6.45, 7) is 3.70. The van der Waals surface area contributed by atoms with Crippen LogP contribution in [-0.4, -0.2) is 71.0 Å². The number of amides is 1. The van der Waals surface area contributed by atoms with Crippen LogP contribution < -0.4 is 4.90 Å². The monoisotopic (exact) mass is 369 g/mol. The quantitative estimate of drug-likeness (QED) is 0.622. The molecule has 1 amide bonds. The number of likely N-dealkylation sites (tertiary alicyclic amines) is 1. The number of aromatic nitrogens is 1. The third-order valence-electron chi connectivity index (χ3n) is 5.08. The average molecular weight is 369 g/mol. The Morgan fingerprint density at radius 3 is 2.41 bits per heavy atom. The number of hydrogen-bond acceptors (Lipinski definition) is 6. The van der Waals surface area contributed by atoms with E-state index >= 15 is 0 Å². The van der Waals surface area contributed by atoms with Gasteiger partial charge in [0.1, 0.15) is 17.5 Å². The number of hydrogen-bond donors (Lipinski definition) is 1. The van der Waals surface area contributed by atoms with Gasteiger partial charge in [-0.1, -0.05) is 6.07 Å². The normalized spacial score (nSPS) is 18.9. The Hall–Kier alpha value is -3.08. The molecule has 0 aromatic carbocycles. The summed E-state index contributed by atoms with van der Waals surface area (Å²) in [4.78, 5) is 33.7. The highest BCUT2D eigenvalue weighted by molar-refractivity contribution is 5.97. The summed E-state index contributed by atoms with van der Waals surface area (Å²) in [6, 6.07) is 7.81. The first kappa shape index (κ1) is 18.7. The van der Waals surface area contributed by atoms with E-state index in [1.807, 2.05) is 29.2 Å². The number of carbonyl (C=O) groups is 2. The molecule has 2 saturated heterocycles. The molecule has 0 atom stereocenters. The van der Waals surface area contributed by atoms with Gasteiger partial charge in [0.25, 0.3) is 5.91 Å². The van der Waals surface area contributed by atoms with Gasteiger partial charge in [-0.25, -0.2) is 4.98 Å². The molecule has 0 bridgehead atoms. The maximum atomic E-state index is 12.6. The van der Waals surface area contributed by atoms with Crippen LogP contribution >= 0.6 is 0 Å². The van der Waals surface area contributed by atoms with Crippen LogP contribution in [0.1, 0.15) is 12.8 Å². The fourth-order valence-electron chi connectivity index (χ4n) is 3.44. The van der Waals surface area contributed by atoms with Crippen LogP contribution in [0.5, 0.6) is 0 Å². The maximum absolute atomic E-state index is 12.6. The first-order valence-corrected chi connectivity index (χ1v) is 9.12. The molecule has 0 spiro atoms. The van der Waals surface area contributed by atoms with Gasteiger partial charge in [-0.2, -0.15) is 5.26 Å². The molecule has 0 saturated carbocycles. The van der Waals surface area contributed by atoms with Crippen molar-refractivity contribution in [2.45, 2.75) is 12.8 Å². The van der Waals surface area contributed by atoms with E-state index in [0.717, 1.165) is 18.9 Å². The Bertz CT molecular complexity index is 742. The first-order chi connectivity index (χ1) is 13.1. The molecule has 0 radical (unpaired) electrons. The molecule has 8 heteroatoms. The summed E-state index contributed by atoms with van der Waals surface area (Å²) in [6.07, 6.45) is 4.27. The van der Waals surface area contributed by atoms with Crippen LogP contribution in [0.2, 0.25) is 0 Å². The van der Waals surface area contributed by atoms with Gasteiger partial charge in [0.2, 0.25) is 0 Å². The van der Waals surface area contributed by atoms with Gasteiger partial charge >= 0.3 is 5.97 Å². The van der Waals surface area contributed by atoms with Gasteiger partial charge < -0.3 is 19.8 Å². The minimum Gasteiger partial charge on any atom is -0.481 e. The number of carboxylic acid groups (broad SMARTS) is 1. The van der Waals surface area contributed by atoms with E-state index in [1.54, 1.807) is 17.3 Å². The lowest BCUT2D eigenvalue weighted by atomic mass is 9.97. The minimum atomic E-state index is -0.816. The zero-order chi connectivity index (χ0) is 19.2. The largest absolute Gasteiger partial charge is 0.481 e. The highest BCUT2D eigenvalue weighted by Gasteiger charge is 2.29.